The van der Waals surface area contributed by atoms with Gasteiger partial charge in [-0.1, -0.05) is 6.92 Å². The summed E-state index contributed by atoms with van der Waals surface area (Å²) in [5.74, 6) is 0. The van der Waals surface area contributed by atoms with E-state index in [1.54, 1.807) is 0 Å². The molecule has 112 valence electrons. The fourth-order valence-electron chi connectivity index (χ4n) is 2.91. The predicted octanol–water partition coefficient (Wildman–Crippen LogP) is 1.12. The van der Waals surface area contributed by atoms with Gasteiger partial charge in [-0.05, 0) is 20.3 Å². The minimum atomic E-state index is 0.371. The molecule has 0 unspecified atom stereocenters. The Labute approximate surface area is 118 Å². The summed E-state index contributed by atoms with van der Waals surface area (Å²) in [6.45, 7) is 18.4. The summed E-state index contributed by atoms with van der Waals surface area (Å²) < 4.78 is 5.39. The van der Waals surface area contributed by atoms with E-state index < -0.39 is 0 Å². The monoisotopic (exact) mass is 269 g/mol. The fourth-order valence-corrected chi connectivity index (χ4v) is 2.91. The Hall–Kier alpha value is -0.160. The van der Waals surface area contributed by atoms with Crippen LogP contribution in [0.3, 0.4) is 0 Å². The summed E-state index contributed by atoms with van der Waals surface area (Å²) in [5.41, 5.74) is 0.371. The van der Waals surface area contributed by atoms with Crippen LogP contribution >= 0.6 is 0 Å². The maximum Gasteiger partial charge on any atom is 0.0594 e. The molecule has 0 atom stereocenters. The van der Waals surface area contributed by atoms with Crippen LogP contribution in [0.25, 0.3) is 0 Å². The van der Waals surface area contributed by atoms with Crippen LogP contribution in [-0.2, 0) is 4.74 Å². The summed E-state index contributed by atoms with van der Waals surface area (Å²) in [5, 5.41) is 0. The van der Waals surface area contributed by atoms with E-state index >= 15 is 0 Å². The van der Waals surface area contributed by atoms with Gasteiger partial charge in [-0.25, -0.2) is 0 Å². The molecular formula is C15H31N3O. The van der Waals surface area contributed by atoms with Crippen LogP contribution in [0.4, 0.5) is 0 Å². The summed E-state index contributed by atoms with van der Waals surface area (Å²) in [6, 6.07) is 0. The largest absolute Gasteiger partial charge is 0.379 e. The average molecular weight is 269 g/mol. The molecule has 4 nitrogen and oxygen atoms in total. The molecule has 2 rings (SSSR count). The van der Waals surface area contributed by atoms with Crippen molar-refractivity contribution in [2.24, 2.45) is 0 Å². The molecule has 2 saturated heterocycles. The van der Waals surface area contributed by atoms with Gasteiger partial charge in [0, 0.05) is 57.9 Å². The third-order valence-electron chi connectivity index (χ3n) is 4.93. The molecule has 2 aliphatic rings. The molecule has 0 spiro atoms. The molecule has 0 aliphatic carbocycles. The van der Waals surface area contributed by atoms with Crippen molar-refractivity contribution in [2.75, 3.05) is 65.6 Å². The minimum Gasteiger partial charge on any atom is -0.379 e. The summed E-state index contributed by atoms with van der Waals surface area (Å²) >= 11 is 0. The Morgan fingerprint density at radius 1 is 0.842 bits per heavy atom. The van der Waals surface area contributed by atoms with E-state index in [9.17, 15) is 0 Å². The van der Waals surface area contributed by atoms with Crippen LogP contribution in [0.15, 0.2) is 0 Å². The van der Waals surface area contributed by atoms with Crippen LogP contribution in [-0.4, -0.2) is 85.8 Å². The first-order valence-corrected chi connectivity index (χ1v) is 7.89. The molecule has 0 aromatic heterocycles. The van der Waals surface area contributed by atoms with Crippen molar-refractivity contribution < 1.29 is 4.74 Å². The Bertz CT molecular complexity index is 256. The summed E-state index contributed by atoms with van der Waals surface area (Å²) in [7, 11) is 0. The standard InChI is InChI=1S/C15H31N3O/c1-4-15(2,3)18-9-7-16(8-10-18)5-6-17-11-13-19-14-12-17/h4-14H2,1-3H3. The first kappa shape index (κ1) is 15.2. The van der Waals surface area contributed by atoms with E-state index in [0.717, 1.165) is 26.3 Å². The highest BCUT2D eigenvalue weighted by molar-refractivity contribution is 4.84. The van der Waals surface area contributed by atoms with Gasteiger partial charge in [-0.3, -0.25) is 14.7 Å². The van der Waals surface area contributed by atoms with Gasteiger partial charge in [0.15, 0.2) is 0 Å². The van der Waals surface area contributed by atoms with Gasteiger partial charge in [0.25, 0.3) is 0 Å². The first-order chi connectivity index (χ1) is 9.12. The van der Waals surface area contributed by atoms with Crippen LogP contribution in [0.5, 0.6) is 0 Å². The summed E-state index contributed by atoms with van der Waals surface area (Å²) in [4.78, 5) is 7.81. The first-order valence-electron chi connectivity index (χ1n) is 7.89. The fraction of sp³-hybridized carbons (Fsp3) is 1.00. The second-order valence-corrected chi connectivity index (χ2v) is 6.45. The number of ether oxygens (including phenoxy) is 1. The van der Waals surface area contributed by atoms with Crippen molar-refractivity contribution in [1.82, 2.24) is 14.7 Å². The van der Waals surface area contributed by atoms with E-state index in [1.165, 1.54) is 45.7 Å². The Morgan fingerprint density at radius 2 is 1.37 bits per heavy atom. The van der Waals surface area contributed by atoms with Crippen LogP contribution in [0.1, 0.15) is 27.2 Å². The second-order valence-electron chi connectivity index (χ2n) is 6.45. The van der Waals surface area contributed by atoms with Crippen LogP contribution in [0, 0.1) is 0 Å². The van der Waals surface area contributed by atoms with Gasteiger partial charge in [0.05, 0.1) is 13.2 Å². The van der Waals surface area contributed by atoms with Gasteiger partial charge in [-0.15, -0.1) is 0 Å². The second kappa shape index (κ2) is 7.02. The smallest absolute Gasteiger partial charge is 0.0594 e. The number of morpholine rings is 1. The molecule has 0 aromatic carbocycles. The van der Waals surface area contributed by atoms with Gasteiger partial charge in [0.1, 0.15) is 0 Å². The van der Waals surface area contributed by atoms with Crippen LogP contribution < -0.4 is 0 Å². The third kappa shape index (κ3) is 4.42. The van der Waals surface area contributed by atoms with Crippen molar-refractivity contribution in [3.8, 4) is 0 Å². The minimum absolute atomic E-state index is 0.371. The maximum atomic E-state index is 5.39. The molecule has 2 fully saturated rings. The molecular weight excluding hydrogens is 238 g/mol. The highest BCUT2D eigenvalue weighted by Gasteiger charge is 2.28. The van der Waals surface area contributed by atoms with Crippen molar-refractivity contribution in [3.63, 3.8) is 0 Å². The zero-order valence-corrected chi connectivity index (χ0v) is 13.0. The van der Waals surface area contributed by atoms with Gasteiger partial charge in [-0.2, -0.15) is 0 Å². The highest BCUT2D eigenvalue weighted by atomic mass is 16.5. The number of nitrogens with zero attached hydrogens (tertiary/aromatic N) is 3. The lowest BCUT2D eigenvalue weighted by Gasteiger charge is -2.44. The zero-order valence-electron chi connectivity index (χ0n) is 13.0. The van der Waals surface area contributed by atoms with Crippen molar-refractivity contribution in [2.45, 2.75) is 32.7 Å². The van der Waals surface area contributed by atoms with Crippen molar-refractivity contribution in [1.29, 1.82) is 0 Å². The lowest BCUT2D eigenvalue weighted by Crippen LogP contribution is -2.55. The molecule has 0 radical (unpaired) electrons. The molecule has 0 bridgehead atoms. The predicted molar refractivity (Wildman–Crippen MR) is 79.6 cm³/mol. The van der Waals surface area contributed by atoms with E-state index in [-0.39, 0.29) is 0 Å². The van der Waals surface area contributed by atoms with Gasteiger partial charge >= 0.3 is 0 Å². The molecule has 2 aliphatic heterocycles. The third-order valence-corrected chi connectivity index (χ3v) is 4.93. The lowest BCUT2D eigenvalue weighted by molar-refractivity contribution is 0.0209. The molecule has 4 heteroatoms. The number of rotatable bonds is 5. The summed E-state index contributed by atoms with van der Waals surface area (Å²) in [6.07, 6.45) is 1.24. The Morgan fingerprint density at radius 3 is 1.89 bits per heavy atom. The highest BCUT2D eigenvalue weighted by Crippen LogP contribution is 2.20. The van der Waals surface area contributed by atoms with E-state index in [1.807, 2.05) is 0 Å². The van der Waals surface area contributed by atoms with Crippen molar-refractivity contribution in [3.05, 3.63) is 0 Å². The number of hydrogen-bond donors (Lipinski definition) is 0. The lowest BCUT2D eigenvalue weighted by atomic mass is 9.98. The van der Waals surface area contributed by atoms with E-state index in [2.05, 4.69) is 35.5 Å². The number of piperazine rings is 1. The molecule has 0 saturated carbocycles. The number of hydrogen-bond acceptors (Lipinski definition) is 4. The Balaban J connectivity index is 1.66. The molecule has 0 aromatic rings. The van der Waals surface area contributed by atoms with E-state index in [4.69, 9.17) is 4.74 Å². The molecule has 19 heavy (non-hydrogen) atoms. The van der Waals surface area contributed by atoms with E-state index in [0.29, 0.717) is 5.54 Å². The van der Waals surface area contributed by atoms with Crippen molar-refractivity contribution >= 4 is 0 Å². The topological polar surface area (TPSA) is 19.0 Å². The van der Waals surface area contributed by atoms with Gasteiger partial charge in [0.2, 0.25) is 0 Å². The zero-order chi connectivity index (χ0) is 13.7. The maximum absolute atomic E-state index is 5.39. The normalized spacial score (nSPS) is 24.8. The van der Waals surface area contributed by atoms with Gasteiger partial charge < -0.3 is 4.74 Å². The quantitative estimate of drug-likeness (QED) is 0.744. The molecule has 0 amide bonds. The molecule has 0 N–H and O–H groups in total. The Kier molecular flexibility index (Phi) is 5.63. The average Bonchev–Trinajstić information content (AvgIpc) is 2.47. The molecule has 2 heterocycles. The SMILES string of the molecule is CCC(C)(C)N1CCN(CCN2CCOCC2)CC1. The van der Waals surface area contributed by atoms with Crippen LogP contribution in [0.2, 0.25) is 0 Å².